The molecule has 0 saturated carbocycles. The molecular weight excluding hydrogens is 244 g/mol. The van der Waals surface area contributed by atoms with E-state index in [1.807, 2.05) is 0 Å². The van der Waals surface area contributed by atoms with E-state index in [1.54, 1.807) is 36.4 Å². The van der Waals surface area contributed by atoms with Gasteiger partial charge in [0.05, 0.1) is 0 Å². The van der Waals surface area contributed by atoms with Gasteiger partial charge in [0.2, 0.25) is 0 Å². The summed E-state index contributed by atoms with van der Waals surface area (Å²) >= 11 is 0. The number of carbonyl (C=O) groups excluding carboxylic acids is 2. The molecule has 0 atom stereocenters. The molecule has 2 rings (SSSR count). The summed E-state index contributed by atoms with van der Waals surface area (Å²) in [5.41, 5.74) is 0.422. The van der Waals surface area contributed by atoms with Gasteiger partial charge in [0.15, 0.2) is 5.91 Å². The molecule has 0 unspecified atom stereocenters. The van der Waals surface area contributed by atoms with Crippen LogP contribution in [0.1, 0.15) is 10.4 Å². The van der Waals surface area contributed by atoms with Crippen molar-refractivity contribution in [1.29, 1.82) is 0 Å². The van der Waals surface area contributed by atoms with Crippen molar-refractivity contribution < 1.29 is 52.4 Å². The maximum atomic E-state index is 12.1. The number of amides is 2. The third-order valence-corrected chi connectivity index (χ3v) is 2.34. The quantitative estimate of drug-likeness (QED) is 0.400. The Hall–Kier alpha value is -1.43. The number of nitrogens with zero attached hydrogens (tertiary/aromatic N) is 1. The topological polar surface area (TPSA) is 60.4 Å². The van der Waals surface area contributed by atoms with E-state index in [4.69, 9.17) is 0 Å². The van der Waals surface area contributed by atoms with Crippen LogP contribution in [-0.4, -0.2) is 12.0 Å². The fourth-order valence-electron chi connectivity index (χ4n) is 1.53. The molecule has 2 aromatic carbocycles. The van der Waals surface area contributed by atoms with Gasteiger partial charge in [-0.15, -0.1) is 30.3 Å². The van der Waals surface area contributed by atoms with Crippen molar-refractivity contribution in [1.82, 2.24) is 0 Å². The second-order valence-corrected chi connectivity index (χ2v) is 3.52. The minimum atomic E-state index is -1.57. The van der Waals surface area contributed by atoms with Crippen LogP contribution in [0.25, 0.3) is 0 Å². The molecule has 0 spiro atoms. The van der Waals surface area contributed by atoms with Crippen LogP contribution in [-0.2, 0) is 0 Å². The summed E-state index contributed by atoms with van der Waals surface area (Å²) in [4.78, 5) is 23.7. The number of carbonyl (C=O) groups is 2. The fraction of sp³-hybridized carbons (Fsp3) is 0. The standard InChI is InChI=1S/C14H10NO3.2Li/c16-13(11-7-3-1-4-8-11)15(14(17)18)12-9-5-2-6-10-12;;/h1-7,9-10H,(H,17,18);;/q-1;2*+1/p-1. The molecule has 0 aliphatic carbocycles. The van der Waals surface area contributed by atoms with E-state index in [-0.39, 0.29) is 49.0 Å². The van der Waals surface area contributed by atoms with Crippen LogP contribution >= 0.6 is 0 Å². The van der Waals surface area contributed by atoms with Gasteiger partial charge in [-0.05, 0) is 12.1 Å². The van der Waals surface area contributed by atoms with Gasteiger partial charge in [-0.2, -0.15) is 0 Å². The summed E-state index contributed by atoms with van der Waals surface area (Å²) in [5, 5.41) is 11.1. The van der Waals surface area contributed by atoms with E-state index in [0.29, 0.717) is 4.90 Å². The first-order valence-electron chi connectivity index (χ1n) is 5.27. The number of imide groups is 1. The Kier molecular flexibility index (Phi) is 8.07. The summed E-state index contributed by atoms with van der Waals surface area (Å²) in [6.07, 6.45) is -1.57. The second-order valence-electron chi connectivity index (χ2n) is 3.52. The van der Waals surface area contributed by atoms with E-state index < -0.39 is 12.0 Å². The molecule has 0 aliphatic heterocycles. The molecule has 0 heterocycles. The zero-order valence-corrected chi connectivity index (χ0v) is 11.4. The van der Waals surface area contributed by atoms with E-state index in [9.17, 15) is 14.7 Å². The van der Waals surface area contributed by atoms with Crippen LogP contribution in [0.5, 0.6) is 0 Å². The monoisotopic (exact) mass is 253 g/mol. The van der Waals surface area contributed by atoms with Gasteiger partial charge in [0.25, 0.3) is 0 Å². The fourth-order valence-corrected chi connectivity index (χ4v) is 1.53. The molecule has 2 amide bonds. The smallest absolute Gasteiger partial charge is 0.530 e. The average molecular weight is 253 g/mol. The molecule has 0 fully saturated rings. The van der Waals surface area contributed by atoms with E-state index in [0.717, 1.165) is 0 Å². The number of hydrogen-bond acceptors (Lipinski definition) is 3. The van der Waals surface area contributed by atoms with Gasteiger partial charge in [0.1, 0.15) is 6.09 Å². The Labute approximate surface area is 141 Å². The minimum absolute atomic E-state index is 0. The van der Waals surface area contributed by atoms with Crippen molar-refractivity contribution >= 4 is 17.7 Å². The number of rotatable bonds is 2. The summed E-state index contributed by atoms with van der Waals surface area (Å²) < 4.78 is 0. The van der Waals surface area contributed by atoms with E-state index in [1.165, 1.54) is 18.2 Å². The molecule has 4 nitrogen and oxygen atoms in total. The van der Waals surface area contributed by atoms with Crippen LogP contribution in [0.4, 0.5) is 10.5 Å². The first-order valence-corrected chi connectivity index (χ1v) is 5.27. The van der Waals surface area contributed by atoms with E-state index in [2.05, 4.69) is 6.07 Å². The van der Waals surface area contributed by atoms with Gasteiger partial charge in [-0.25, -0.2) is 0 Å². The van der Waals surface area contributed by atoms with E-state index >= 15 is 0 Å². The molecule has 6 heteroatoms. The largest absolute Gasteiger partial charge is 1.00 e. The Morgan fingerprint density at radius 3 is 2.05 bits per heavy atom. The predicted molar refractivity (Wildman–Crippen MR) is 63.9 cm³/mol. The summed E-state index contributed by atoms with van der Waals surface area (Å²) in [6, 6.07) is 17.2. The van der Waals surface area contributed by atoms with Gasteiger partial charge < -0.3 is 19.6 Å². The normalized spacial score (nSPS) is 8.80. The molecule has 0 saturated heterocycles. The van der Waals surface area contributed by atoms with Crippen LogP contribution < -0.4 is 47.7 Å². The zero-order chi connectivity index (χ0) is 13.0. The van der Waals surface area contributed by atoms with Gasteiger partial charge in [-0.3, -0.25) is 0 Å². The third kappa shape index (κ3) is 4.30. The van der Waals surface area contributed by atoms with Crippen molar-refractivity contribution in [2.45, 2.75) is 0 Å². The van der Waals surface area contributed by atoms with Crippen molar-refractivity contribution in [3.8, 4) is 0 Å². The Balaban J connectivity index is 0.00000180. The summed E-state index contributed by atoms with van der Waals surface area (Å²) in [6.45, 7) is 0. The molecule has 90 valence electrons. The maximum absolute atomic E-state index is 12.1. The van der Waals surface area contributed by atoms with Gasteiger partial charge in [0, 0.05) is 5.69 Å². The number of para-hydroxylation sites is 1. The van der Waals surface area contributed by atoms with Gasteiger partial charge >= 0.3 is 37.7 Å². The molecule has 0 aromatic heterocycles. The van der Waals surface area contributed by atoms with Crippen molar-refractivity contribution in [2.24, 2.45) is 0 Å². The predicted octanol–water partition coefficient (Wildman–Crippen LogP) is -4.52. The molecule has 0 N–H and O–H groups in total. The Morgan fingerprint density at radius 2 is 1.55 bits per heavy atom. The number of anilines is 1. The second kappa shape index (κ2) is 8.69. The van der Waals surface area contributed by atoms with Crippen molar-refractivity contribution in [3.63, 3.8) is 0 Å². The first-order chi connectivity index (χ1) is 8.70. The molecule has 0 bridgehead atoms. The van der Waals surface area contributed by atoms with Crippen LogP contribution in [0.2, 0.25) is 0 Å². The van der Waals surface area contributed by atoms with Gasteiger partial charge in [-0.1, -0.05) is 23.8 Å². The molecular formula is C14H9Li2NO3. The van der Waals surface area contributed by atoms with Crippen LogP contribution in [0.3, 0.4) is 0 Å². The Bertz CT molecular complexity index is 561. The Morgan fingerprint density at radius 1 is 0.950 bits per heavy atom. The average Bonchev–Trinajstić information content (AvgIpc) is 2.40. The van der Waals surface area contributed by atoms with Crippen LogP contribution in [0.15, 0.2) is 54.6 Å². The third-order valence-electron chi connectivity index (χ3n) is 2.34. The molecule has 2 aromatic rings. The summed E-state index contributed by atoms with van der Waals surface area (Å²) in [7, 11) is 0. The molecule has 20 heavy (non-hydrogen) atoms. The SMILES string of the molecule is O=C([O-])N(C(=O)c1[c-]cccc1)c1ccccc1.[Li+].[Li+]. The first kappa shape index (κ1) is 18.6. The van der Waals surface area contributed by atoms with Crippen molar-refractivity contribution in [2.75, 3.05) is 4.90 Å². The summed E-state index contributed by atoms with van der Waals surface area (Å²) in [5.74, 6) is -0.679. The van der Waals surface area contributed by atoms with Crippen molar-refractivity contribution in [3.05, 3.63) is 66.2 Å². The van der Waals surface area contributed by atoms with Crippen LogP contribution in [0, 0.1) is 6.07 Å². The molecule has 0 radical (unpaired) electrons. The number of benzene rings is 2. The molecule has 0 aliphatic rings. The zero-order valence-electron chi connectivity index (χ0n) is 11.4. The number of carboxylic acid groups (broad SMARTS) is 1. The maximum Gasteiger partial charge on any atom is 1.00 e. The number of hydrogen-bond donors (Lipinski definition) is 0. The minimum Gasteiger partial charge on any atom is -0.530 e.